The van der Waals surface area contributed by atoms with Gasteiger partial charge in [0.05, 0.1) is 6.04 Å². The zero-order valence-corrected chi connectivity index (χ0v) is 13.1. The van der Waals surface area contributed by atoms with Crippen LogP contribution in [0.15, 0.2) is 0 Å². The Balaban J connectivity index is 1.96. The van der Waals surface area contributed by atoms with Gasteiger partial charge >= 0.3 is 0 Å². The zero-order chi connectivity index (χ0) is 13.9. The fourth-order valence-corrected chi connectivity index (χ4v) is 3.82. The van der Waals surface area contributed by atoms with Crippen LogP contribution < -0.4 is 0 Å². The van der Waals surface area contributed by atoms with Crippen LogP contribution in [0.25, 0.3) is 0 Å². The number of hydrogen-bond donors (Lipinski definition) is 0. The fourth-order valence-electron chi connectivity index (χ4n) is 3.82. The number of Topliss-reactive ketones (excluding diaryl/α,β-unsaturated/α-hetero) is 1. The van der Waals surface area contributed by atoms with Crippen LogP contribution in [0.4, 0.5) is 0 Å². The molecule has 2 nitrogen and oxygen atoms in total. The first-order chi connectivity index (χ1) is 8.98. The summed E-state index contributed by atoms with van der Waals surface area (Å²) < 4.78 is 0. The standard InChI is InChI=1S/C17H31NO/c1-17(2,3)14-8-7-12-18(13-11-14)15-9-5-4-6-10-16(15)19/h14-15H,4-13H2,1-3H3. The number of nitrogens with zero attached hydrogens (tertiary/aromatic N) is 1. The van der Waals surface area contributed by atoms with Crippen molar-refractivity contribution in [3.63, 3.8) is 0 Å². The number of likely N-dealkylation sites (tertiary alicyclic amines) is 1. The smallest absolute Gasteiger partial charge is 0.149 e. The third-order valence-corrected chi connectivity index (χ3v) is 5.20. The Hall–Kier alpha value is -0.370. The highest BCUT2D eigenvalue weighted by Crippen LogP contribution is 2.35. The molecule has 110 valence electrons. The Bertz CT molecular complexity index is 305. The molecule has 0 radical (unpaired) electrons. The van der Waals surface area contributed by atoms with Crippen LogP contribution in [0, 0.1) is 11.3 Å². The van der Waals surface area contributed by atoms with Crippen molar-refractivity contribution in [2.24, 2.45) is 11.3 Å². The molecule has 1 saturated carbocycles. The van der Waals surface area contributed by atoms with Crippen LogP contribution in [-0.2, 0) is 4.79 Å². The molecule has 1 aliphatic heterocycles. The van der Waals surface area contributed by atoms with Crippen LogP contribution in [0.5, 0.6) is 0 Å². The lowest BCUT2D eigenvalue weighted by atomic mass is 9.77. The van der Waals surface area contributed by atoms with Crippen molar-refractivity contribution in [2.45, 2.75) is 78.2 Å². The van der Waals surface area contributed by atoms with Gasteiger partial charge in [-0.25, -0.2) is 0 Å². The van der Waals surface area contributed by atoms with Crippen LogP contribution in [0.3, 0.4) is 0 Å². The molecule has 2 atom stereocenters. The molecule has 2 rings (SSSR count). The maximum Gasteiger partial charge on any atom is 0.149 e. The highest BCUT2D eigenvalue weighted by Gasteiger charge is 2.31. The van der Waals surface area contributed by atoms with E-state index in [2.05, 4.69) is 25.7 Å². The molecule has 0 amide bonds. The Morgan fingerprint density at radius 1 is 0.947 bits per heavy atom. The lowest BCUT2D eigenvalue weighted by Crippen LogP contribution is -2.41. The van der Waals surface area contributed by atoms with Crippen LogP contribution in [-0.4, -0.2) is 29.8 Å². The summed E-state index contributed by atoms with van der Waals surface area (Å²) in [6.07, 6.45) is 9.42. The van der Waals surface area contributed by atoms with Gasteiger partial charge in [0.1, 0.15) is 5.78 Å². The summed E-state index contributed by atoms with van der Waals surface area (Å²) in [5, 5.41) is 0. The molecule has 1 heterocycles. The first-order valence-electron chi connectivity index (χ1n) is 8.25. The number of rotatable bonds is 1. The van der Waals surface area contributed by atoms with Crippen molar-refractivity contribution in [3.8, 4) is 0 Å². The molecule has 2 unspecified atom stereocenters. The van der Waals surface area contributed by atoms with Gasteiger partial charge in [0.25, 0.3) is 0 Å². The predicted molar refractivity (Wildman–Crippen MR) is 80.2 cm³/mol. The van der Waals surface area contributed by atoms with E-state index in [0.717, 1.165) is 38.3 Å². The van der Waals surface area contributed by atoms with Gasteiger partial charge in [-0.05, 0) is 56.5 Å². The molecule has 0 aromatic rings. The highest BCUT2D eigenvalue weighted by molar-refractivity contribution is 5.84. The summed E-state index contributed by atoms with van der Waals surface area (Å²) in [5.41, 5.74) is 0.420. The molecule has 1 aliphatic carbocycles. The molecular formula is C17H31NO. The van der Waals surface area contributed by atoms with E-state index in [1.54, 1.807) is 0 Å². The van der Waals surface area contributed by atoms with Crippen molar-refractivity contribution >= 4 is 5.78 Å². The maximum absolute atomic E-state index is 12.3. The summed E-state index contributed by atoms with van der Waals surface area (Å²) in [5.74, 6) is 1.34. The van der Waals surface area contributed by atoms with E-state index in [9.17, 15) is 4.79 Å². The van der Waals surface area contributed by atoms with Gasteiger partial charge in [-0.15, -0.1) is 0 Å². The molecule has 2 heteroatoms. The molecule has 0 aromatic carbocycles. The molecule has 1 saturated heterocycles. The van der Waals surface area contributed by atoms with Gasteiger partial charge in [-0.1, -0.05) is 33.6 Å². The summed E-state index contributed by atoms with van der Waals surface area (Å²) in [6, 6.07) is 0.251. The minimum Gasteiger partial charge on any atom is -0.298 e. The molecule has 0 aromatic heterocycles. The third-order valence-electron chi connectivity index (χ3n) is 5.20. The SMILES string of the molecule is CC(C)(C)C1CCCN(C2CCCCCC2=O)CC1. The van der Waals surface area contributed by atoms with E-state index in [1.165, 1.54) is 32.1 Å². The molecule has 0 bridgehead atoms. The number of carbonyl (C=O) groups excluding carboxylic acids is 1. The minimum absolute atomic E-state index is 0.251. The minimum atomic E-state index is 0.251. The van der Waals surface area contributed by atoms with Crippen molar-refractivity contribution in [1.82, 2.24) is 4.90 Å². The Kier molecular flexibility index (Phi) is 5.05. The molecule has 2 fully saturated rings. The first-order valence-corrected chi connectivity index (χ1v) is 8.25. The second-order valence-corrected chi connectivity index (χ2v) is 7.61. The Labute approximate surface area is 118 Å². The van der Waals surface area contributed by atoms with E-state index >= 15 is 0 Å². The summed E-state index contributed by atoms with van der Waals surface area (Å²) in [7, 11) is 0. The molecular weight excluding hydrogens is 234 g/mol. The van der Waals surface area contributed by atoms with Gasteiger partial charge in [-0.3, -0.25) is 9.69 Å². The van der Waals surface area contributed by atoms with Gasteiger partial charge in [0.15, 0.2) is 0 Å². The summed E-state index contributed by atoms with van der Waals surface area (Å²) >= 11 is 0. The van der Waals surface area contributed by atoms with Gasteiger partial charge in [-0.2, -0.15) is 0 Å². The van der Waals surface area contributed by atoms with Crippen molar-refractivity contribution in [1.29, 1.82) is 0 Å². The molecule has 0 N–H and O–H groups in total. The van der Waals surface area contributed by atoms with E-state index in [-0.39, 0.29) is 6.04 Å². The first kappa shape index (κ1) is 15.0. The lowest BCUT2D eigenvalue weighted by Gasteiger charge is -2.31. The van der Waals surface area contributed by atoms with E-state index in [4.69, 9.17) is 0 Å². The quantitative estimate of drug-likeness (QED) is 0.667. The van der Waals surface area contributed by atoms with Crippen molar-refractivity contribution in [3.05, 3.63) is 0 Å². The monoisotopic (exact) mass is 265 g/mol. The van der Waals surface area contributed by atoms with E-state index < -0.39 is 0 Å². The normalized spacial score (nSPS) is 31.8. The van der Waals surface area contributed by atoms with Gasteiger partial charge < -0.3 is 0 Å². The highest BCUT2D eigenvalue weighted by atomic mass is 16.1. The second-order valence-electron chi connectivity index (χ2n) is 7.61. The number of carbonyl (C=O) groups is 1. The molecule has 19 heavy (non-hydrogen) atoms. The molecule has 2 aliphatic rings. The largest absolute Gasteiger partial charge is 0.298 e. The topological polar surface area (TPSA) is 20.3 Å². The average Bonchev–Trinajstić information content (AvgIpc) is 2.68. The van der Waals surface area contributed by atoms with E-state index in [1.807, 2.05) is 0 Å². The van der Waals surface area contributed by atoms with Crippen molar-refractivity contribution in [2.75, 3.05) is 13.1 Å². The van der Waals surface area contributed by atoms with Gasteiger partial charge in [0, 0.05) is 6.42 Å². The van der Waals surface area contributed by atoms with Crippen LogP contribution in [0.2, 0.25) is 0 Å². The average molecular weight is 265 g/mol. The fraction of sp³-hybridized carbons (Fsp3) is 0.941. The Morgan fingerprint density at radius 2 is 1.74 bits per heavy atom. The third kappa shape index (κ3) is 4.05. The number of hydrogen-bond acceptors (Lipinski definition) is 2. The van der Waals surface area contributed by atoms with Crippen LogP contribution >= 0.6 is 0 Å². The summed E-state index contributed by atoms with van der Waals surface area (Å²) in [4.78, 5) is 14.8. The number of ketones is 1. The lowest BCUT2D eigenvalue weighted by molar-refractivity contribution is -0.124. The Morgan fingerprint density at radius 3 is 2.47 bits per heavy atom. The zero-order valence-electron chi connectivity index (χ0n) is 13.1. The summed E-state index contributed by atoms with van der Waals surface area (Å²) in [6.45, 7) is 9.37. The van der Waals surface area contributed by atoms with Crippen molar-refractivity contribution < 1.29 is 4.79 Å². The predicted octanol–water partition coefficient (Wildman–Crippen LogP) is 4.04. The van der Waals surface area contributed by atoms with Gasteiger partial charge in [0.2, 0.25) is 0 Å². The second kappa shape index (κ2) is 6.39. The van der Waals surface area contributed by atoms with Crippen LogP contribution in [0.1, 0.15) is 72.1 Å². The van der Waals surface area contributed by atoms with E-state index in [0.29, 0.717) is 11.2 Å². The molecule has 0 spiro atoms. The maximum atomic E-state index is 12.3.